The fraction of sp³-hybridized carbons (Fsp3) is 0.647. The van der Waals surface area contributed by atoms with Crippen LogP contribution in [0.3, 0.4) is 0 Å². The van der Waals surface area contributed by atoms with Gasteiger partial charge in [0.25, 0.3) is 0 Å². The Balaban J connectivity index is 1.94. The first-order valence-electron chi connectivity index (χ1n) is 7.94. The predicted molar refractivity (Wildman–Crippen MR) is 79.9 cm³/mol. The number of piperidine rings is 1. The van der Waals surface area contributed by atoms with Crippen LogP contribution in [0.2, 0.25) is 0 Å². The van der Waals surface area contributed by atoms with Crippen molar-refractivity contribution >= 4 is 5.78 Å². The Bertz CT molecular complexity index is 486. The number of aryl methyl sites for hydroxylation is 1. The number of hydrogen-bond donors (Lipinski definition) is 0. The van der Waals surface area contributed by atoms with E-state index in [1.54, 1.807) is 12.4 Å². The largest absolute Gasteiger partial charge is 0.292 e. The van der Waals surface area contributed by atoms with Gasteiger partial charge < -0.3 is 0 Å². The average Bonchev–Trinajstić information content (AvgIpc) is 2.99. The number of pyridine rings is 1. The third-order valence-electron chi connectivity index (χ3n) is 5.10. The molecule has 1 aliphatic heterocycles. The summed E-state index contributed by atoms with van der Waals surface area (Å²) in [6, 6.07) is 1.95. The Morgan fingerprint density at radius 2 is 1.85 bits per heavy atom. The van der Waals surface area contributed by atoms with Gasteiger partial charge in [0.05, 0.1) is 5.54 Å². The van der Waals surface area contributed by atoms with Gasteiger partial charge in [-0.1, -0.05) is 19.3 Å². The van der Waals surface area contributed by atoms with Crippen LogP contribution >= 0.6 is 0 Å². The molecule has 2 aliphatic rings. The van der Waals surface area contributed by atoms with E-state index in [9.17, 15) is 4.79 Å². The zero-order valence-corrected chi connectivity index (χ0v) is 12.4. The van der Waals surface area contributed by atoms with Crippen molar-refractivity contribution in [3.63, 3.8) is 0 Å². The molecule has 1 saturated carbocycles. The van der Waals surface area contributed by atoms with E-state index in [1.165, 1.54) is 32.1 Å². The van der Waals surface area contributed by atoms with Crippen molar-refractivity contribution in [2.24, 2.45) is 0 Å². The van der Waals surface area contributed by atoms with Gasteiger partial charge in [0.1, 0.15) is 0 Å². The van der Waals surface area contributed by atoms with Gasteiger partial charge in [-0.15, -0.1) is 0 Å². The topological polar surface area (TPSA) is 33.2 Å². The van der Waals surface area contributed by atoms with Crippen LogP contribution in [-0.4, -0.2) is 34.3 Å². The summed E-state index contributed by atoms with van der Waals surface area (Å²) in [6.45, 7) is 4.20. The molecule has 0 spiro atoms. The molecule has 0 unspecified atom stereocenters. The molecule has 3 heteroatoms. The van der Waals surface area contributed by atoms with E-state index < -0.39 is 0 Å². The second kappa shape index (κ2) is 5.65. The molecule has 3 rings (SSSR count). The van der Waals surface area contributed by atoms with Crippen molar-refractivity contribution in [2.45, 2.75) is 57.4 Å². The summed E-state index contributed by atoms with van der Waals surface area (Å²) in [6.07, 6.45) is 11.7. The molecule has 1 aliphatic carbocycles. The number of carbonyl (C=O) groups is 1. The fourth-order valence-corrected chi connectivity index (χ4v) is 3.92. The van der Waals surface area contributed by atoms with Crippen LogP contribution in [0.5, 0.6) is 0 Å². The zero-order valence-electron chi connectivity index (χ0n) is 12.4. The Morgan fingerprint density at radius 1 is 1.15 bits per heavy atom. The van der Waals surface area contributed by atoms with Crippen LogP contribution in [0, 0.1) is 6.92 Å². The first kappa shape index (κ1) is 13.7. The van der Waals surface area contributed by atoms with E-state index >= 15 is 0 Å². The maximum absolute atomic E-state index is 13.2. The van der Waals surface area contributed by atoms with E-state index in [2.05, 4.69) is 9.88 Å². The van der Waals surface area contributed by atoms with Gasteiger partial charge in [0.2, 0.25) is 0 Å². The molecule has 0 bridgehead atoms. The quantitative estimate of drug-likeness (QED) is 0.791. The molecule has 1 aromatic heterocycles. The zero-order chi connectivity index (χ0) is 14.0. The van der Waals surface area contributed by atoms with Crippen molar-refractivity contribution in [2.75, 3.05) is 13.1 Å². The molecule has 2 heterocycles. The Morgan fingerprint density at radius 3 is 2.50 bits per heavy atom. The van der Waals surface area contributed by atoms with Gasteiger partial charge in [0, 0.05) is 18.0 Å². The maximum atomic E-state index is 13.2. The number of nitrogens with zero attached hydrogens (tertiary/aromatic N) is 2. The molecule has 1 aromatic rings. The molecule has 0 amide bonds. The first-order valence-corrected chi connectivity index (χ1v) is 7.94. The molecular formula is C17H24N2O. The fourth-order valence-electron chi connectivity index (χ4n) is 3.92. The molecule has 2 fully saturated rings. The molecule has 108 valence electrons. The summed E-state index contributed by atoms with van der Waals surface area (Å²) in [5, 5.41) is 0. The molecule has 0 atom stereocenters. The smallest absolute Gasteiger partial charge is 0.184 e. The van der Waals surface area contributed by atoms with Crippen LogP contribution in [0.15, 0.2) is 18.5 Å². The lowest BCUT2D eigenvalue weighted by Gasteiger charge is -2.42. The highest BCUT2D eigenvalue weighted by Crippen LogP contribution is 2.39. The average molecular weight is 272 g/mol. The highest BCUT2D eigenvalue weighted by Gasteiger charge is 2.46. The first-order chi connectivity index (χ1) is 9.74. The van der Waals surface area contributed by atoms with E-state index in [0.29, 0.717) is 5.78 Å². The van der Waals surface area contributed by atoms with Gasteiger partial charge in [0.15, 0.2) is 5.78 Å². The van der Waals surface area contributed by atoms with Crippen molar-refractivity contribution < 1.29 is 4.79 Å². The van der Waals surface area contributed by atoms with Crippen LogP contribution in [0.1, 0.15) is 60.9 Å². The number of Topliss-reactive ketones (excluding diaryl/α,β-unsaturated/α-hetero) is 1. The summed E-state index contributed by atoms with van der Waals surface area (Å²) >= 11 is 0. The number of rotatable bonds is 3. The van der Waals surface area contributed by atoms with E-state index in [0.717, 1.165) is 37.1 Å². The summed E-state index contributed by atoms with van der Waals surface area (Å²) in [4.78, 5) is 19.9. The molecule has 20 heavy (non-hydrogen) atoms. The SMILES string of the molecule is Cc1ccncc1C(=O)C1(N2CCCCC2)CCCC1. The van der Waals surface area contributed by atoms with Gasteiger partial charge in [-0.05, 0) is 57.3 Å². The van der Waals surface area contributed by atoms with E-state index in [1.807, 2.05) is 13.0 Å². The molecule has 0 aromatic carbocycles. The minimum atomic E-state index is -0.228. The Kier molecular flexibility index (Phi) is 3.88. The van der Waals surface area contributed by atoms with Crippen molar-refractivity contribution in [3.05, 3.63) is 29.6 Å². The van der Waals surface area contributed by atoms with Crippen molar-refractivity contribution in [1.29, 1.82) is 0 Å². The highest BCUT2D eigenvalue weighted by molar-refractivity contribution is 6.04. The number of aromatic nitrogens is 1. The molecule has 0 N–H and O–H groups in total. The van der Waals surface area contributed by atoms with Crippen LogP contribution in [0.4, 0.5) is 0 Å². The van der Waals surface area contributed by atoms with Crippen molar-refractivity contribution in [3.8, 4) is 0 Å². The van der Waals surface area contributed by atoms with Gasteiger partial charge in [-0.25, -0.2) is 0 Å². The Hall–Kier alpha value is -1.22. The van der Waals surface area contributed by atoms with Crippen LogP contribution in [-0.2, 0) is 0 Å². The van der Waals surface area contributed by atoms with Gasteiger partial charge in [-0.2, -0.15) is 0 Å². The minimum Gasteiger partial charge on any atom is -0.292 e. The number of ketones is 1. The van der Waals surface area contributed by atoms with E-state index in [-0.39, 0.29) is 5.54 Å². The van der Waals surface area contributed by atoms with Crippen molar-refractivity contribution in [1.82, 2.24) is 9.88 Å². The maximum Gasteiger partial charge on any atom is 0.184 e. The molecule has 1 saturated heterocycles. The second-order valence-electron chi connectivity index (χ2n) is 6.31. The summed E-state index contributed by atoms with van der Waals surface area (Å²) < 4.78 is 0. The number of carbonyl (C=O) groups excluding carboxylic acids is 1. The molecule has 0 radical (unpaired) electrons. The number of likely N-dealkylation sites (tertiary alicyclic amines) is 1. The third kappa shape index (κ3) is 2.28. The number of hydrogen-bond acceptors (Lipinski definition) is 3. The van der Waals surface area contributed by atoms with Gasteiger partial charge >= 0.3 is 0 Å². The Labute approximate surface area is 121 Å². The summed E-state index contributed by atoms with van der Waals surface area (Å²) in [5.41, 5.74) is 1.67. The molecular weight excluding hydrogens is 248 g/mol. The monoisotopic (exact) mass is 272 g/mol. The third-order valence-corrected chi connectivity index (χ3v) is 5.10. The summed E-state index contributed by atoms with van der Waals surface area (Å²) in [7, 11) is 0. The lowest BCUT2D eigenvalue weighted by atomic mass is 9.83. The summed E-state index contributed by atoms with van der Waals surface area (Å²) in [5.74, 6) is 0.322. The van der Waals surface area contributed by atoms with Gasteiger partial charge in [-0.3, -0.25) is 14.7 Å². The molecule has 3 nitrogen and oxygen atoms in total. The second-order valence-corrected chi connectivity index (χ2v) is 6.31. The minimum absolute atomic E-state index is 0.228. The standard InChI is InChI=1S/C17H24N2O/c1-14-7-10-18-13-15(14)16(20)17(8-3-4-9-17)19-11-5-2-6-12-19/h7,10,13H,2-6,8-9,11-12H2,1H3. The normalized spacial score (nSPS) is 22.9. The van der Waals surface area contributed by atoms with E-state index in [4.69, 9.17) is 0 Å². The predicted octanol–water partition coefficient (Wildman–Crippen LogP) is 3.37. The van der Waals surface area contributed by atoms with Crippen LogP contribution in [0.25, 0.3) is 0 Å². The highest BCUT2D eigenvalue weighted by atomic mass is 16.1. The lowest BCUT2D eigenvalue weighted by molar-refractivity contribution is 0.0476. The lowest BCUT2D eigenvalue weighted by Crippen LogP contribution is -2.54. The van der Waals surface area contributed by atoms with Crippen LogP contribution < -0.4 is 0 Å².